The van der Waals surface area contributed by atoms with Gasteiger partial charge in [-0.3, -0.25) is 4.79 Å². The average Bonchev–Trinajstić information content (AvgIpc) is 2.26. The Morgan fingerprint density at radius 2 is 2.12 bits per heavy atom. The summed E-state index contributed by atoms with van der Waals surface area (Å²) in [6, 6.07) is 7.71. The topological polar surface area (TPSA) is 37.3 Å². The molecule has 2 nitrogen and oxygen atoms in total. The molecule has 0 heterocycles. The van der Waals surface area contributed by atoms with Crippen LogP contribution in [0, 0.1) is 5.92 Å². The first-order chi connectivity index (χ1) is 7.56. The molecular formula is C12H15BrO2S. The molecule has 0 aromatic heterocycles. The van der Waals surface area contributed by atoms with Crippen LogP contribution >= 0.6 is 27.7 Å². The molecule has 0 spiro atoms. The summed E-state index contributed by atoms with van der Waals surface area (Å²) in [5.41, 5.74) is 0. The van der Waals surface area contributed by atoms with Crippen molar-refractivity contribution in [3.63, 3.8) is 0 Å². The number of hydrogen-bond acceptors (Lipinski definition) is 2. The molecule has 1 N–H and O–H groups in total. The molecule has 2 atom stereocenters. The van der Waals surface area contributed by atoms with Crippen molar-refractivity contribution in [2.75, 3.05) is 0 Å². The number of hydrogen-bond donors (Lipinski definition) is 1. The van der Waals surface area contributed by atoms with Crippen LogP contribution in [0.1, 0.15) is 20.3 Å². The van der Waals surface area contributed by atoms with Gasteiger partial charge in [0.1, 0.15) is 5.25 Å². The minimum absolute atomic E-state index is 0.162. The van der Waals surface area contributed by atoms with Crippen LogP contribution in [0.2, 0.25) is 0 Å². The highest BCUT2D eigenvalue weighted by Crippen LogP contribution is 2.34. The number of benzene rings is 1. The maximum atomic E-state index is 11.2. The third kappa shape index (κ3) is 3.52. The highest BCUT2D eigenvalue weighted by Gasteiger charge is 2.25. The average molecular weight is 303 g/mol. The van der Waals surface area contributed by atoms with E-state index in [2.05, 4.69) is 15.9 Å². The monoisotopic (exact) mass is 302 g/mol. The Balaban J connectivity index is 2.84. The maximum absolute atomic E-state index is 11.2. The predicted molar refractivity (Wildman–Crippen MR) is 70.9 cm³/mol. The van der Waals surface area contributed by atoms with Crippen LogP contribution in [0.3, 0.4) is 0 Å². The second-order valence-electron chi connectivity index (χ2n) is 3.69. The number of carboxylic acids is 1. The summed E-state index contributed by atoms with van der Waals surface area (Å²) < 4.78 is 0.953. The summed E-state index contributed by atoms with van der Waals surface area (Å²) in [5, 5.41) is 8.81. The zero-order valence-electron chi connectivity index (χ0n) is 9.31. The van der Waals surface area contributed by atoms with Gasteiger partial charge in [0, 0.05) is 9.37 Å². The summed E-state index contributed by atoms with van der Waals surface area (Å²) >= 11 is 4.84. The Labute approximate surface area is 109 Å². The number of carboxylic acid groups (broad SMARTS) is 1. The van der Waals surface area contributed by atoms with Crippen molar-refractivity contribution in [1.29, 1.82) is 0 Å². The number of thioether (sulfide) groups is 1. The lowest BCUT2D eigenvalue weighted by atomic mass is 10.1. The fourth-order valence-electron chi connectivity index (χ4n) is 1.30. The van der Waals surface area contributed by atoms with E-state index in [1.807, 2.05) is 38.1 Å². The van der Waals surface area contributed by atoms with Gasteiger partial charge in [-0.15, -0.1) is 11.8 Å². The first kappa shape index (κ1) is 13.6. The summed E-state index contributed by atoms with van der Waals surface area (Å²) in [6.45, 7) is 3.99. The van der Waals surface area contributed by atoms with E-state index in [4.69, 9.17) is 0 Å². The van der Waals surface area contributed by atoms with Crippen LogP contribution in [0.15, 0.2) is 33.6 Å². The molecule has 1 aromatic rings. The van der Waals surface area contributed by atoms with Gasteiger partial charge in [-0.1, -0.05) is 32.4 Å². The highest BCUT2D eigenvalue weighted by atomic mass is 79.9. The molecule has 0 aliphatic rings. The summed E-state index contributed by atoms with van der Waals surface area (Å²) in [5.74, 6) is -0.579. The van der Waals surface area contributed by atoms with Gasteiger partial charge in [-0.2, -0.15) is 0 Å². The van der Waals surface area contributed by atoms with Crippen molar-refractivity contribution in [2.24, 2.45) is 5.92 Å². The van der Waals surface area contributed by atoms with Crippen LogP contribution in [-0.2, 0) is 4.79 Å². The number of rotatable bonds is 5. The molecular weight excluding hydrogens is 288 g/mol. The van der Waals surface area contributed by atoms with Gasteiger partial charge in [0.2, 0.25) is 0 Å². The fourth-order valence-corrected chi connectivity index (χ4v) is 3.00. The number of halogens is 1. The smallest absolute Gasteiger partial charge is 0.317 e. The molecule has 0 aliphatic heterocycles. The van der Waals surface area contributed by atoms with E-state index in [1.165, 1.54) is 11.8 Å². The molecule has 0 saturated heterocycles. The van der Waals surface area contributed by atoms with E-state index in [0.717, 1.165) is 15.8 Å². The van der Waals surface area contributed by atoms with Crippen LogP contribution < -0.4 is 0 Å². The van der Waals surface area contributed by atoms with Crippen molar-refractivity contribution >= 4 is 33.7 Å². The SMILES string of the molecule is CCC(C)C(Sc1ccccc1Br)C(=O)O. The molecule has 1 rings (SSSR count). The summed E-state index contributed by atoms with van der Waals surface area (Å²) in [7, 11) is 0. The van der Waals surface area contributed by atoms with E-state index in [-0.39, 0.29) is 11.2 Å². The van der Waals surface area contributed by atoms with Crippen molar-refractivity contribution in [1.82, 2.24) is 0 Å². The van der Waals surface area contributed by atoms with E-state index in [0.29, 0.717) is 0 Å². The van der Waals surface area contributed by atoms with Crippen LogP contribution in [0.25, 0.3) is 0 Å². The van der Waals surface area contributed by atoms with Gasteiger partial charge in [-0.05, 0) is 34.0 Å². The minimum Gasteiger partial charge on any atom is -0.480 e. The van der Waals surface area contributed by atoms with E-state index >= 15 is 0 Å². The van der Waals surface area contributed by atoms with Crippen molar-refractivity contribution in [3.05, 3.63) is 28.7 Å². The van der Waals surface area contributed by atoms with E-state index < -0.39 is 5.97 Å². The highest BCUT2D eigenvalue weighted by molar-refractivity contribution is 9.10. The van der Waals surface area contributed by atoms with E-state index in [1.54, 1.807) is 0 Å². The Morgan fingerprint density at radius 1 is 1.50 bits per heavy atom. The molecule has 2 unspecified atom stereocenters. The van der Waals surface area contributed by atoms with Crippen molar-refractivity contribution in [2.45, 2.75) is 30.4 Å². The molecule has 0 amide bonds. The van der Waals surface area contributed by atoms with Gasteiger partial charge in [0.05, 0.1) is 0 Å². The Hall–Kier alpha value is -0.480. The third-order valence-corrected chi connectivity index (χ3v) is 4.98. The van der Waals surface area contributed by atoms with Gasteiger partial charge in [0.15, 0.2) is 0 Å². The molecule has 16 heavy (non-hydrogen) atoms. The third-order valence-electron chi connectivity index (χ3n) is 2.49. The quantitative estimate of drug-likeness (QED) is 0.834. The van der Waals surface area contributed by atoms with Crippen molar-refractivity contribution < 1.29 is 9.90 Å². The lowest BCUT2D eigenvalue weighted by Crippen LogP contribution is -2.23. The van der Waals surface area contributed by atoms with Gasteiger partial charge >= 0.3 is 5.97 Å². The first-order valence-corrected chi connectivity index (χ1v) is 6.87. The van der Waals surface area contributed by atoms with Crippen LogP contribution in [0.4, 0.5) is 0 Å². The standard InChI is InChI=1S/C12H15BrO2S/c1-3-8(2)11(12(14)15)16-10-7-5-4-6-9(10)13/h4-8,11H,3H2,1-2H3,(H,14,15). The number of aliphatic carboxylic acids is 1. The molecule has 0 bridgehead atoms. The zero-order valence-corrected chi connectivity index (χ0v) is 11.7. The second kappa shape index (κ2) is 6.30. The van der Waals surface area contributed by atoms with E-state index in [9.17, 15) is 9.90 Å². The lowest BCUT2D eigenvalue weighted by Gasteiger charge is -2.18. The van der Waals surface area contributed by atoms with Crippen molar-refractivity contribution in [3.8, 4) is 0 Å². The Morgan fingerprint density at radius 3 is 2.62 bits per heavy atom. The molecule has 88 valence electrons. The predicted octanol–water partition coefficient (Wildman–Crippen LogP) is 4.04. The zero-order chi connectivity index (χ0) is 12.1. The van der Waals surface area contributed by atoms with Gasteiger partial charge in [0.25, 0.3) is 0 Å². The fraction of sp³-hybridized carbons (Fsp3) is 0.417. The Bertz CT molecular complexity index is 368. The molecule has 0 radical (unpaired) electrons. The number of carbonyl (C=O) groups is 1. The molecule has 4 heteroatoms. The minimum atomic E-state index is -0.741. The second-order valence-corrected chi connectivity index (χ2v) is 5.73. The lowest BCUT2D eigenvalue weighted by molar-refractivity contribution is -0.137. The maximum Gasteiger partial charge on any atom is 0.317 e. The van der Waals surface area contributed by atoms with Crippen LogP contribution in [0.5, 0.6) is 0 Å². The summed E-state index contributed by atoms with van der Waals surface area (Å²) in [6.07, 6.45) is 0.869. The molecule has 0 aliphatic carbocycles. The largest absolute Gasteiger partial charge is 0.480 e. The van der Waals surface area contributed by atoms with Gasteiger partial charge < -0.3 is 5.11 Å². The molecule has 1 aromatic carbocycles. The molecule has 0 fully saturated rings. The molecule has 0 saturated carbocycles. The summed E-state index contributed by atoms with van der Waals surface area (Å²) in [4.78, 5) is 12.2. The first-order valence-electron chi connectivity index (χ1n) is 5.20. The van der Waals surface area contributed by atoms with Gasteiger partial charge in [-0.25, -0.2) is 0 Å². The normalized spacial score (nSPS) is 14.4. The Kier molecular flexibility index (Phi) is 5.35. The van der Waals surface area contributed by atoms with Crippen LogP contribution in [-0.4, -0.2) is 16.3 Å².